The number of rotatable bonds is 2. The van der Waals surface area contributed by atoms with E-state index in [1.54, 1.807) is 0 Å². The van der Waals surface area contributed by atoms with Crippen LogP contribution in [0.25, 0.3) is 0 Å². The lowest BCUT2D eigenvalue weighted by Gasteiger charge is -2.20. The lowest BCUT2D eigenvalue weighted by Crippen LogP contribution is -2.39. The molecule has 0 aromatic carbocycles. The Morgan fingerprint density at radius 1 is 1.36 bits per heavy atom. The van der Waals surface area contributed by atoms with Gasteiger partial charge in [0.2, 0.25) is 0 Å². The van der Waals surface area contributed by atoms with Crippen LogP contribution in [-0.4, -0.2) is 50.3 Å². The summed E-state index contributed by atoms with van der Waals surface area (Å²) in [7, 11) is -0.193. The molecule has 1 fully saturated rings. The van der Waals surface area contributed by atoms with E-state index >= 15 is 0 Å². The molecule has 1 heterocycles. The number of nitrogens with two attached hydrogens (primary N) is 1. The fourth-order valence-electron chi connectivity index (χ4n) is 1.37. The van der Waals surface area contributed by atoms with E-state index in [0.717, 1.165) is 0 Å². The molecule has 0 aromatic rings. The van der Waals surface area contributed by atoms with Gasteiger partial charge >= 0.3 is 0 Å². The van der Waals surface area contributed by atoms with E-state index in [1.807, 2.05) is 6.92 Å². The van der Waals surface area contributed by atoms with Gasteiger partial charge in [0.25, 0.3) is 10.2 Å². The Labute approximate surface area is 91.8 Å². The predicted molar refractivity (Wildman–Crippen MR) is 58.6 cm³/mol. The van der Waals surface area contributed by atoms with E-state index < -0.39 is 10.2 Å². The lowest BCUT2D eigenvalue weighted by atomic mass is 10.1. The Morgan fingerprint density at radius 3 is 2.14 bits per heavy atom. The Hall–Kier alpha value is 0.120. The first-order valence-corrected chi connectivity index (χ1v) is 5.68. The third-order valence-corrected chi connectivity index (χ3v) is 4.30. The van der Waals surface area contributed by atoms with Crippen molar-refractivity contribution in [1.29, 1.82) is 0 Å². The van der Waals surface area contributed by atoms with E-state index in [2.05, 4.69) is 0 Å². The molecule has 1 saturated heterocycles. The molecular weight excluding hydrogens is 226 g/mol. The maximum Gasteiger partial charge on any atom is 0.281 e. The Morgan fingerprint density at radius 2 is 1.86 bits per heavy atom. The molecule has 1 rings (SSSR count). The SMILES string of the molecule is CC1CN(S(=O)(=O)N(C)C)CC1N.Cl. The summed E-state index contributed by atoms with van der Waals surface area (Å²) in [6, 6.07) is -0.0327. The highest BCUT2D eigenvalue weighted by Crippen LogP contribution is 2.18. The van der Waals surface area contributed by atoms with Crippen molar-refractivity contribution in [2.75, 3.05) is 27.2 Å². The molecule has 0 spiro atoms. The number of nitrogens with zero attached hydrogens (tertiary/aromatic N) is 2. The molecule has 7 heteroatoms. The summed E-state index contributed by atoms with van der Waals surface area (Å²) in [5.41, 5.74) is 5.74. The molecule has 0 saturated carbocycles. The smallest absolute Gasteiger partial charge is 0.281 e. The molecule has 2 atom stereocenters. The zero-order valence-corrected chi connectivity index (χ0v) is 10.3. The average Bonchev–Trinajstić information content (AvgIpc) is 2.32. The van der Waals surface area contributed by atoms with Crippen LogP contribution in [0.1, 0.15) is 6.92 Å². The highest BCUT2D eigenvalue weighted by Gasteiger charge is 2.35. The van der Waals surface area contributed by atoms with Crippen LogP contribution >= 0.6 is 12.4 Å². The summed E-state index contributed by atoms with van der Waals surface area (Å²) in [4.78, 5) is 0. The summed E-state index contributed by atoms with van der Waals surface area (Å²) in [5, 5.41) is 0. The van der Waals surface area contributed by atoms with Crippen LogP contribution in [0.2, 0.25) is 0 Å². The van der Waals surface area contributed by atoms with Crippen LogP contribution in [0.3, 0.4) is 0 Å². The molecular formula is C7H18ClN3O2S. The van der Waals surface area contributed by atoms with Gasteiger partial charge < -0.3 is 5.73 Å². The standard InChI is InChI=1S/C7H17N3O2S.ClH/c1-6-4-10(5-7(6)8)13(11,12)9(2)3;/h6-7H,4-5,8H2,1-3H3;1H. The number of hydrogen-bond donors (Lipinski definition) is 1. The van der Waals surface area contributed by atoms with Crippen LogP contribution in [0, 0.1) is 5.92 Å². The highest BCUT2D eigenvalue weighted by molar-refractivity contribution is 7.86. The van der Waals surface area contributed by atoms with Gasteiger partial charge in [-0.1, -0.05) is 6.92 Å². The zero-order valence-electron chi connectivity index (χ0n) is 8.67. The summed E-state index contributed by atoms with van der Waals surface area (Å²) in [5.74, 6) is 0.245. The van der Waals surface area contributed by atoms with Gasteiger partial charge in [-0.2, -0.15) is 17.0 Å². The average molecular weight is 244 g/mol. The third kappa shape index (κ3) is 2.58. The molecule has 2 N–H and O–H groups in total. The fraction of sp³-hybridized carbons (Fsp3) is 1.00. The molecule has 0 bridgehead atoms. The largest absolute Gasteiger partial charge is 0.326 e. The second-order valence-corrected chi connectivity index (χ2v) is 5.89. The van der Waals surface area contributed by atoms with Crippen LogP contribution in [0.5, 0.6) is 0 Å². The van der Waals surface area contributed by atoms with E-state index in [0.29, 0.717) is 13.1 Å². The maximum absolute atomic E-state index is 11.6. The van der Waals surface area contributed by atoms with Gasteiger partial charge in [-0.25, -0.2) is 0 Å². The molecule has 1 aliphatic heterocycles. The van der Waals surface area contributed by atoms with Gasteiger partial charge in [-0.3, -0.25) is 0 Å². The fourth-order valence-corrected chi connectivity index (χ4v) is 2.61. The monoisotopic (exact) mass is 243 g/mol. The van der Waals surface area contributed by atoms with E-state index in [-0.39, 0.29) is 24.4 Å². The normalized spacial score (nSPS) is 29.2. The second kappa shape index (κ2) is 4.76. The van der Waals surface area contributed by atoms with E-state index in [9.17, 15) is 8.42 Å². The molecule has 2 unspecified atom stereocenters. The summed E-state index contributed by atoms with van der Waals surface area (Å²) in [6.07, 6.45) is 0. The summed E-state index contributed by atoms with van der Waals surface area (Å²) >= 11 is 0. The maximum atomic E-state index is 11.6. The Balaban J connectivity index is 0.00000169. The summed E-state index contributed by atoms with van der Waals surface area (Å²) < 4.78 is 25.9. The number of halogens is 1. The van der Waals surface area contributed by atoms with Crippen LogP contribution in [0.4, 0.5) is 0 Å². The Bertz CT molecular complexity index is 271. The Kier molecular flexibility index (Phi) is 4.80. The molecule has 0 aromatic heterocycles. The van der Waals surface area contributed by atoms with E-state index in [4.69, 9.17) is 5.73 Å². The van der Waals surface area contributed by atoms with Crippen molar-refractivity contribution in [3.8, 4) is 0 Å². The second-order valence-electron chi connectivity index (χ2n) is 3.75. The van der Waals surface area contributed by atoms with Crippen molar-refractivity contribution in [2.45, 2.75) is 13.0 Å². The first-order valence-electron chi connectivity index (χ1n) is 4.29. The van der Waals surface area contributed by atoms with Gasteiger partial charge in [0, 0.05) is 33.2 Å². The molecule has 14 heavy (non-hydrogen) atoms. The molecule has 86 valence electrons. The van der Waals surface area contributed by atoms with Crippen molar-refractivity contribution in [1.82, 2.24) is 8.61 Å². The van der Waals surface area contributed by atoms with E-state index in [1.165, 1.54) is 22.7 Å². The minimum absolute atomic E-state index is 0. The van der Waals surface area contributed by atoms with Crippen LogP contribution < -0.4 is 5.73 Å². The van der Waals surface area contributed by atoms with Crippen molar-refractivity contribution in [3.63, 3.8) is 0 Å². The minimum atomic E-state index is -3.26. The van der Waals surface area contributed by atoms with Crippen LogP contribution in [0.15, 0.2) is 0 Å². The first-order chi connectivity index (χ1) is 5.85. The third-order valence-electron chi connectivity index (χ3n) is 2.42. The van der Waals surface area contributed by atoms with Crippen LogP contribution in [-0.2, 0) is 10.2 Å². The van der Waals surface area contributed by atoms with Gasteiger partial charge in [-0.15, -0.1) is 12.4 Å². The topological polar surface area (TPSA) is 66.6 Å². The molecule has 0 amide bonds. The molecule has 0 radical (unpaired) electrons. The van der Waals surface area contributed by atoms with Gasteiger partial charge in [0.05, 0.1) is 0 Å². The molecule has 0 aliphatic carbocycles. The van der Waals surface area contributed by atoms with Gasteiger partial charge in [0.1, 0.15) is 0 Å². The van der Waals surface area contributed by atoms with Crippen molar-refractivity contribution in [2.24, 2.45) is 11.7 Å². The number of hydrogen-bond acceptors (Lipinski definition) is 3. The predicted octanol–water partition coefficient (Wildman–Crippen LogP) is -0.506. The quantitative estimate of drug-likeness (QED) is 0.711. The van der Waals surface area contributed by atoms with Gasteiger partial charge in [-0.05, 0) is 5.92 Å². The van der Waals surface area contributed by atoms with Crippen molar-refractivity contribution >= 4 is 22.6 Å². The summed E-state index contributed by atoms with van der Waals surface area (Å²) in [6.45, 7) is 2.93. The zero-order chi connectivity index (χ0) is 10.2. The van der Waals surface area contributed by atoms with Crippen molar-refractivity contribution in [3.05, 3.63) is 0 Å². The molecule has 5 nitrogen and oxygen atoms in total. The van der Waals surface area contributed by atoms with Gasteiger partial charge in [0.15, 0.2) is 0 Å². The minimum Gasteiger partial charge on any atom is -0.326 e. The molecule has 1 aliphatic rings. The first kappa shape index (κ1) is 14.1. The van der Waals surface area contributed by atoms with Crippen molar-refractivity contribution < 1.29 is 8.42 Å². The lowest BCUT2D eigenvalue weighted by molar-refractivity contribution is 0.413. The highest BCUT2D eigenvalue weighted by atomic mass is 35.5.